The molecule has 98 valence electrons. The van der Waals surface area contributed by atoms with Gasteiger partial charge < -0.3 is 9.84 Å². The molecule has 1 N–H and O–H groups in total. The second-order valence-corrected chi connectivity index (χ2v) is 6.98. The van der Waals surface area contributed by atoms with E-state index in [4.69, 9.17) is 4.74 Å². The van der Waals surface area contributed by atoms with Crippen molar-refractivity contribution in [1.82, 2.24) is 0 Å². The molecule has 1 aromatic rings. The van der Waals surface area contributed by atoms with Crippen LogP contribution in [0, 0.1) is 0 Å². The van der Waals surface area contributed by atoms with Gasteiger partial charge in [0.15, 0.2) is 0 Å². The molecule has 0 unspecified atom stereocenters. The van der Waals surface area contributed by atoms with Crippen molar-refractivity contribution in [1.29, 1.82) is 0 Å². The lowest BCUT2D eigenvalue weighted by Crippen LogP contribution is -2.21. The van der Waals surface area contributed by atoms with Gasteiger partial charge in [-0.1, -0.05) is 0 Å². The summed E-state index contributed by atoms with van der Waals surface area (Å²) in [6.07, 6.45) is 1.72. The number of benzene rings is 1. The molecule has 0 amide bonds. The van der Waals surface area contributed by atoms with Gasteiger partial charge in [0.05, 0.1) is 22.5 Å². The highest BCUT2D eigenvalue weighted by molar-refractivity contribution is 7.95. The van der Waals surface area contributed by atoms with Crippen LogP contribution in [-0.2, 0) is 9.84 Å². The Morgan fingerprint density at radius 2 is 2.00 bits per heavy atom. The highest BCUT2D eigenvalue weighted by Crippen LogP contribution is 2.38. The van der Waals surface area contributed by atoms with Crippen LogP contribution in [0.3, 0.4) is 0 Å². The summed E-state index contributed by atoms with van der Waals surface area (Å²) in [5.41, 5.74) is -0.402. The van der Waals surface area contributed by atoms with E-state index in [1.54, 1.807) is 32.1 Å². The van der Waals surface area contributed by atoms with Crippen LogP contribution in [0.2, 0.25) is 0 Å². The minimum absolute atomic E-state index is 0.104. The van der Waals surface area contributed by atoms with Crippen molar-refractivity contribution in [3.05, 3.63) is 28.7 Å². The second kappa shape index (κ2) is 4.10. The van der Waals surface area contributed by atoms with E-state index in [2.05, 4.69) is 0 Å². The van der Waals surface area contributed by atoms with E-state index in [1.807, 2.05) is 0 Å². The summed E-state index contributed by atoms with van der Waals surface area (Å²) in [5.74, 6) is 0.509. The third-order valence-corrected chi connectivity index (χ3v) is 4.66. The molecular formula is C13H16O4S. The molecule has 0 radical (unpaired) electrons. The number of aliphatic hydroxyl groups is 1. The fraction of sp³-hybridized carbons (Fsp3) is 0.385. The molecule has 0 aromatic heterocycles. The van der Waals surface area contributed by atoms with Crippen LogP contribution in [-0.4, -0.2) is 26.2 Å². The molecule has 0 fully saturated rings. The van der Waals surface area contributed by atoms with Gasteiger partial charge in [0.1, 0.15) is 5.75 Å². The molecule has 1 heterocycles. The number of methoxy groups -OCH3 is 1. The Morgan fingerprint density at radius 1 is 1.33 bits per heavy atom. The molecule has 2 rings (SSSR count). The third kappa shape index (κ3) is 2.28. The third-order valence-electron chi connectivity index (χ3n) is 2.78. The van der Waals surface area contributed by atoms with Gasteiger partial charge in [0.2, 0.25) is 9.84 Å². The molecule has 0 atom stereocenters. The van der Waals surface area contributed by atoms with Crippen LogP contribution in [0.15, 0.2) is 28.0 Å². The summed E-state index contributed by atoms with van der Waals surface area (Å²) in [7, 11) is -2.00. The summed E-state index contributed by atoms with van der Waals surface area (Å²) in [6.45, 7) is 3.18. The first kappa shape index (κ1) is 13.1. The summed E-state index contributed by atoms with van der Waals surface area (Å²) in [6, 6.07) is 4.94. The first-order valence-corrected chi connectivity index (χ1v) is 7.08. The number of hydrogen-bond acceptors (Lipinski definition) is 4. The maximum Gasteiger partial charge on any atom is 0.203 e. The maximum absolute atomic E-state index is 12.3. The van der Waals surface area contributed by atoms with Crippen molar-refractivity contribution in [3.8, 4) is 5.75 Å². The van der Waals surface area contributed by atoms with Crippen molar-refractivity contribution in [2.75, 3.05) is 7.11 Å². The van der Waals surface area contributed by atoms with Crippen molar-refractivity contribution in [2.24, 2.45) is 0 Å². The largest absolute Gasteiger partial charge is 0.497 e. The zero-order valence-electron chi connectivity index (χ0n) is 10.6. The molecule has 1 aliphatic heterocycles. The van der Waals surface area contributed by atoms with E-state index in [9.17, 15) is 13.5 Å². The lowest BCUT2D eigenvalue weighted by molar-refractivity contribution is 0.0829. The van der Waals surface area contributed by atoms with Crippen molar-refractivity contribution < 1.29 is 18.3 Å². The summed E-state index contributed by atoms with van der Waals surface area (Å²) >= 11 is 0. The first-order valence-electron chi connectivity index (χ1n) is 5.60. The van der Waals surface area contributed by atoms with Gasteiger partial charge in [-0.25, -0.2) is 8.42 Å². The quantitative estimate of drug-likeness (QED) is 0.910. The van der Waals surface area contributed by atoms with Crippen LogP contribution >= 0.6 is 0 Å². The predicted octanol–water partition coefficient (Wildman–Crippen LogP) is 1.98. The second-order valence-electron chi connectivity index (χ2n) is 5.01. The fourth-order valence-corrected chi connectivity index (χ4v) is 3.77. The van der Waals surface area contributed by atoms with Crippen LogP contribution in [0.4, 0.5) is 0 Å². The van der Waals surface area contributed by atoms with Gasteiger partial charge in [-0.2, -0.15) is 0 Å². The van der Waals surface area contributed by atoms with Crippen molar-refractivity contribution >= 4 is 15.9 Å². The summed E-state index contributed by atoms with van der Waals surface area (Å²) in [5, 5.41) is 9.76. The van der Waals surface area contributed by atoms with E-state index in [1.165, 1.54) is 13.2 Å². The Kier molecular flexibility index (Phi) is 2.99. The Balaban J connectivity index is 2.47. The summed E-state index contributed by atoms with van der Waals surface area (Å²) in [4.78, 5) is 0.499. The van der Waals surface area contributed by atoms with Crippen LogP contribution in [0.5, 0.6) is 5.75 Å². The monoisotopic (exact) mass is 268 g/mol. The SMILES string of the molecule is COc1ccc2c(c1)S(=O)(=O)C(CC(C)(C)O)=C2. The van der Waals surface area contributed by atoms with E-state index in [0.717, 1.165) is 0 Å². The number of rotatable bonds is 3. The molecule has 5 heteroatoms. The van der Waals surface area contributed by atoms with E-state index in [0.29, 0.717) is 11.3 Å². The molecule has 18 heavy (non-hydrogen) atoms. The average molecular weight is 268 g/mol. The van der Waals surface area contributed by atoms with Crippen molar-refractivity contribution in [2.45, 2.75) is 30.8 Å². The predicted molar refractivity (Wildman–Crippen MR) is 69.1 cm³/mol. The number of sulfone groups is 1. The topological polar surface area (TPSA) is 63.6 Å². The molecule has 0 bridgehead atoms. The molecule has 4 nitrogen and oxygen atoms in total. The van der Waals surface area contributed by atoms with Gasteiger partial charge >= 0.3 is 0 Å². The highest BCUT2D eigenvalue weighted by atomic mass is 32.2. The first-order chi connectivity index (χ1) is 8.24. The zero-order chi connectivity index (χ0) is 13.6. The lowest BCUT2D eigenvalue weighted by Gasteiger charge is -2.17. The number of hydrogen-bond donors (Lipinski definition) is 1. The molecule has 0 saturated carbocycles. The summed E-state index contributed by atoms with van der Waals surface area (Å²) < 4.78 is 29.6. The molecule has 0 spiro atoms. The Hall–Kier alpha value is -1.33. The minimum atomic E-state index is -3.49. The standard InChI is InChI=1S/C13H16O4S/c1-13(2,14)8-11-6-9-4-5-10(17-3)7-12(9)18(11,15)16/h4-7,14H,8H2,1-3H3. The van der Waals surface area contributed by atoms with Gasteiger partial charge in [-0.15, -0.1) is 0 Å². The van der Waals surface area contributed by atoms with E-state index >= 15 is 0 Å². The van der Waals surface area contributed by atoms with Gasteiger partial charge in [0.25, 0.3) is 0 Å². The average Bonchev–Trinajstić information content (AvgIpc) is 2.48. The molecule has 1 aliphatic rings. The van der Waals surface area contributed by atoms with E-state index in [-0.39, 0.29) is 16.2 Å². The molecule has 0 aliphatic carbocycles. The Morgan fingerprint density at radius 3 is 2.56 bits per heavy atom. The van der Waals surface area contributed by atoms with Crippen LogP contribution in [0.25, 0.3) is 6.08 Å². The fourth-order valence-electron chi connectivity index (χ4n) is 1.96. The van der Waals surface area contributed by atoms with Gasteiger partial charge in [-0.05, 0) is 43.7 Å². The minimum Gasteiger partial charge on any atom is -0.497 e. The molecular weight excluding hydrogens is 252 g/mol. The normalized spacial score (nSPS) is 17.2. The van der Waals surface area contributed by atoms with Gasteiger partial charge in [0, 0.05) is 6.42 Å². The number of fused-ring (bicyclic) bond motifs is 1. The van der Waals surface area contributed by atoms with E-state index < -0.39 is 15.4 Å². The van der Waals surface area contributed by atoms with Crippen molar-refractivity contribution in [3.63, 3.8) is 0 Å². The highest BCUT2D eigenvalue weighted by Gasteiger charge is 2.33. The molecule has 1 aromatic carbocycles. The Labute approximate surface area is 107 Å². The van der Waals surface area contributed by atoms with Crippen LogP contribution < -0.4 is 4.74 Å². The smallest absolute Gasteiger partial charge is 0.203 e. The van der Waals surface area contributed by atoms with Gasteiger partial charge in [-0.3, -0.25) is 0 Å². The lowest BCUT2D eigenvalue weighted by atomic mass is 10.0. The zero-order valence-corrected chi connectivity index (χ0v) is 11.4. The number of ether oxygens (including phenoxy) is 1. The Bertz CT molecular complexity index is 606. The van der Waals surface area contributed by atoms with Crippen LogP contribution in [0.1, 0.15) is 25.8 Å². The molecule has 0 saturated heterocycles. The maximum atomic E-state index is 12.3.